The lowest BCUT2D eigenvalue weighted by Crippen LogP contribution is -1.96. The normalized spacial score (nSPS) is 10.2. The molecule has 0 atom stereocenters. The Morgan fingerprint density at radius 1 is 1.11 bits per heavy atom. The minimum atomic E-state index is 0.542. The van der Waals surface area contributed by atoms with Crippen LogP contribution in [0.25, 0.3) is 0 Å². The molecule has 0 aliphatic carbocycles. The fourth-order valence-corrected chi connectivity index (χ4v) is 1.91. The minimum Gasteiger partial charge on any atom is -0.372 e. The van der Waals surface area contributed by atoms with Crippen molar-refractivity contribution in [2.24, 2.45) is 0 Å². The predicted octanol–water partition coefficient (Wildman–Crippen LogP) is 4.24. The van der Waals surface area contributed by atoms with Crippen LogP contribution in [-0.4, -0.2) is 0 Å². The van der Waals surface area contributed by atoms with E-state index in [1.54, 1.807) is 0 Å². The van der Waals surface area contributed by atoms with Crippen molar-refractivity contribution in [3.05, 3.63) is 69.7 Å². The average molecular weight is 272 g/mol. The molecule has 0 unspecified atom stereocenters. The van der Waals surface area contributed by atoms with Crippen LogP contribution >= 0.6 is 11.6 Å². The molecule has 2 aromatic carbocycles. The van der Waals surface area contributed by atoms with Crippen LogP contribution in [-0.2, 0) is 18.0 Å². The minimum absolute atomic E-state index is 0.542. The molecular formula is C16H14ClNO. The number of rotatable bonds is 4. The molecule has 0 bridgehead atoms. The summed E-state index contributed by atoms with van der Waals surface area (Å²) >= 11 is 5.82. The zero-order valence-electron chi connectivity index (χ0n) is 10.7. The van der Waals surface area contributed by atoms with E-state index in [2.05, 4.69) is 6.07 Å². The number of halogens is 1. The van der Waals surface area contributed by atoms with E-state index < -0.39 is 0 Å². The molecule has 0 aliphatic rings. The molecule has 3 heteroatoms. The third kappa shape index (κ3) is 3.82. The molecule has 0 spiro atoms. The summed E-state index contributed by atoms with van der Waals surface area (Å²) in [4.78, 5) is 0. The standard InChI is InChI=1S/C16H14ClNO/c1-12-8-14(9-18)2-5-15(12)11-19-10-13-3-6-16(17)7-4-13/h2-8H,10-11H2,1H3. The summed E-state index contributed by atoms with van der Waals surface area (Å²) in [5, 5.41) is 9.54. The van der Waals surface area contributed by atoms with Gasteiger partial charge in [-0.05, 0) is 47.9 Å². The van der Waals surface area contributed by atoms with Gasteiger partial charge in [-0.25, -0.2) is 0 Å². The number of hydrogen-bond donors (Lipinski definition) is 0. The first-order valence-corrected chi connectivity index (χ1v) is 6.38. The lowest BCUT2D eigenvalue weighted by atomic mass is 10.1. The predicted molar refractivity (Wildman–Crippen MR) is 75.8 cm³/mol. The summed E-state index contributed by atoms with van der Waals surface area (Å²) in [6.07, 6.45) is 0. The summed E-state index contributed by atoms with van der Waals surface area (Å²) in [5.74, 6) is 0. The maximum Gasteiger partial charge on any atom is 0.0991 e. The van der Waals surface area contributed by atoms with Gasteiger partial charge in [0.1, 0.15) is 0 Å². The number of nitrogens with zero attached hydrogens (tertiary/aromatic N) is 1. The summed E-state index contributed by atoms with van der Waals surface area (Å²) in [7, 11) is 0. The van der Waals surface area contributed by atoms with E-state index in [4.69, 9.17) is 21.6 Å². The monoisotopic (exact) mass is 271 g/mol. The largest absolute Gasteiger partial charge is 0.372 e. The van der Waals surface area contributed by atoms with E-state index in [0.717, 1.165) is 21.7 Å². The van der Waals surface area contributed by atoms with Crippen molar-refractivity contribution in [3.8, 4) is 6.07 Å². The highest BCUT2D eigenvalue weighted by Crippen LogP contribution is 2.14. The Kier molecular flexibility index (Phi) is 4.57. The maximum atomic E-state index is 8.81. The highest BCUT2D eigenvalue weighted by Gasteiger charge is 2.01. The highest BCUT2D eigenvalue weighted by atomic mass is 35.5. The third-order valence-electron chi connectivity index (χ3n) is 2.91. The van der Waals surface area contributed by atoms with Gasteiger partial charge < -0.3 is 4.74 Å². The first kappa shape index (κ1) is 13.6. The fraction of sp³-hybridized carbons (Fsp3) is 0.188. The number of nitriles is 1. The van der Waals surface area contributed by atoms with Crippen LogP contribution in [0.4, 0.5) is 0 Å². The zero-order chi connectivity index (χ0) is 13.7. The molecule has 0 amide bonds. The molecule has 2 rings (SSSR count). The van der Waals surface area contributed by atoms with Gasteiger partial charge >= 0.3 is 0 Å². The fourth-order valence-electron chi connectivity index (χ4n) is 1.79. The van der Waals surface area contributed by atoms with Gasteiger partial charge in [-0.15, -0.1) is 0 Å². The van der Waals surface area contributed by atoms with Crippen molar-refractivity contribution in [3.63, 3.8) is 0 Å². The second kappa shape index (κ2) is 6.38. The van der Waals surface area contributed by atoms with Crippen LogP contribution in [0.5, 0.6) is 0 Å². The van der Waals surface area contributed by atoms with E-state index in [1.807, 2.05) is 49.4 Å². The molecule has 0 aromatic heterocycles. The molecule has 0 heterocycles. The van der Waals surface area contributed by atoms with E-state index >= 15 is 0 Å². The smallest absolute Gasteiger partial charge is 0.0991 e. The molecule has 0 aliphatic heterocycles. The first-order chi connectivity index (χ1) is 9.19. The average Bonchev–Trinajstić information content (AvgIpc) is 2.42. The molecule has 0 saturated heterocycles. The Morgan fingerprint density at radius 3 is 2.47 bits per heavy atom. The van der Waals surface area contributed by atoms with Crippen molar-refractivity contribution < 1.29 is 4.74 Å². The van der Waals surface area contributed by atoms with Crippen LogP contribution in [0.3, 0.4) is 0 Å². The quantitative estimate of drug-likeness (QED) is 0.833. The molecule has 96 valence electrons. The Labute approximate surface area is 118 Å². The second-order valence-electron chi connectivity index (χ2n) is 4.37. The van der Waals surface area contributed by atoms with Gasteiger partial charge in [0.15, 0.2) is 0 Å². The van der Waals surface area contributed by atoms with Crippen molar-refractivity contribution in [1.29, 1.82) is 5.26 Å². The number of ether oxygens (including phenoxy) is 1. The van der Waals surface area contributed by atoms with Crippen LogP contribution < -0.4 is 0 Å². The SMILES string of the molecule is Cc1cc(C#N)ccc1COCc1ccc(Cl)cc1. The Hall–Kier alpha value is -1.82. The van der Waals surface area contributed by atoms with Gasteiger partial charge in [0, 0.05) is 5.02 Å². The topological polar surface area (TPSA) is 33.0 Å². The zero-order valence-corrected chi connectivity index (χ0v) is 11.4. The van der Waals surface area contributed by atoms with Crippen molar-refractivity contribution in [2.45, 2.75) is 20.1 Å². The first-order valence-electron chi connectivity index (χ1n) is 6.01. The highest BCUT2D eigenvalue weighted by molar-refractivity contribution is 6.30. The molecule has 2 aromatic rings. The number of benzene rings is 2. The Bertz CT molecular complexity index is 599. The Morgan fingerprint density at radius 2 is 1.84 bits per heavy atom. The molecule has 19 heavy (non-hydrogen) atoms. The summed E-state index contributed by atoms with van der Waals surface area (Å²) in [6.45, 7) is 3.08. The molecule has 0 radical (unpaired) electrons. The van der Waals surface area contributed by atoms with E-state index in [0.29, 0.717) is 18.8 Å². The van der Waals surface area contributed by atoms with Gasteiger partial charge in [0.05, 0.1) is 24.8 Å². The van der Waals surface area contributed by atoms with Crippen molar-refractivity contribution >= 4 is 11.6 Å². The van der Waals surface area contributed by atoms with E-state index in [-0.39, 0.29) is 0 Å². The van der Waals surface area contributed by atoms with Gasteiger partial charge in [0.2, 0.25) is 0 Å². The molecule has 0 fully saturated rings. The van der Waals surface area contributed by atoms with Gasteiger partial charge in [-0.3, -0.25) is 0 Å². The van der Waals surface area contributed by atoms with Crippen LogP contribution in [0.15, 0.2) is 42.5 Å². The van der Waals surface area contributed by atoms with E-state index in [1.165, 1.54) is 0 Å². The van der Waals surface area contributed by atoms with Crippen LogP contribution in [0.1, 0.15) is 22.3 Å². The maximum absolute atomic E-state index is 8.81. The van der Waals surface area contributed by atoms with Gasteiger partial charge in [-0.1, -0.05) is 29.8 Å². The molecule has 0 N–H and O–H groups in total. The second-order valence-corrected chi connectivity index (χ2v) is 4.81. The van der Waals surface area contributed by atoms with Crippen molar-refractivity contribution in [1.82, 2.24) is 0 Å². The van der Waals surface area contributed by atoms with Crippen molar-refractivity contribution in [2.75, 3.05) is 0 Å². The molecule has 0 saturated carbocycles. The molecule has 2 nitrogen and oxygen atoms in total. The van der Waals surface area contributed by atoms with Crippen LogP contribution in [0.2, 0.25) is 5.02 Å². The third-order valence-corrected chi connectivity index (χ3v) is 3.16. The van der Waals surface area contributed by atoms with Gasteiger partial charge in [-0.2, -0.15) is 5.26 Å². The summed E-state index contributed by atoms with van der Waals surface area (Å²) in [6, 6.07) is 15.4. The lowest BCUT2D eigenvalue weighted by molar-refractivity contribution is 0.107. The van der Waals surface area contributed by atoms with Gasteiger partial charge in [0.25, 0.3) is 0 Å². The summed E-state index contributed by atoms with van der Waals surface area (Å²) in [5.41, 5.74) is 3.96. The van der Waals surface area contributed by atoms with Crippen LogP contribution in [0, 0.1) is 18.3 Å². The lowest BCUT2D eigenvalue weighted by Gasteiger charge is -2.08. The number of hydrogen-bond acceptors (Lipinski definition) is 2. The van der Waals surface area contributed by atoms with E-state index in [9.17, 15) is 0 Å². The number of aryl methyl sites for hydroxylation is 1. The summed E-state index contributed by atoms with van der Waals surface area (Å²) < 4.78 is 5.67. The Balaban J connectivity index is 1.92. The molecular weight excluding hydrogens is 258 g/mol.